The number of hydrogen-bond donors (Lipinski definition) is 1. The van der Waals surface area contributed by atoms with Crippen molar-refractivity contribution in [2.24, 2.45) is 5.10 Å². The number of hydrazone groups is 1. The first kappa shape index (κ1) is 25.8. The van der Waals surface area contributed by atoms with Crippen molar-refractivity contribution in [1.82, 2.24) is 10.4 Å². The van der Waals surface area contributed by atoms with E-state index in [1.807, 2.05) is 78.9 Å². The molecular formula is C31H23Br2N3O2. The number of fused-ring (bicyclic) bond motifs is 1. The number of pyridine rings is 1. The van der Waals surface area contributed by atoms with E-state index in [0.29, 0.717) is 17.9 Å². The van der Waals surface area contributed by atoms with Gasteiger partial charge in [0.15, 0.2) is 0 Å². The van der Waals surface area contributed by atoms with Crippen LogP contribution in [0.2, 0.25) is 0 Å². The van der Waals surface area contributed by atoms with E-state index < -0.39 is 0 Å². The SMILES string of the molecule is Cc1cccc(COc2c(Br)cc(/C=N/NC(=O)c3cc(-c4ccccc4)nc4ccccc34)cc2Br)c1. The van der Waals surface area contributed by atoms with E-state index in [1.165, 1.54) is 5.56 Å². The lowest BCUT2D eigenvalue weighted by molar-refractivity contribution is 0.0956. The number of nitrogens with zero attached hydrogens (tertiary/aromatic N) is 2. The van der Waals surface area contributed by atoms with Crippen LogP contribution in [-0.2, 0) is 6.61 Å². The molecule has 5 rings (SSSR count). The van der Waals surface area contributed by atoms with Crippen LogP contribution in [0, 0.1) is 6.92 Å². The van der Waals surface area contributed by atoms with Gasteiger partial charge in [-0.25, -0.2) is 10.4 Å². The number of rotatable bonds is 7. The van der Waals surface area contributed by atoms with Gasteiger partial charge in [0.2, 0.25) is 0 Å². The first-order valence-corrected chi connectivity index (χ1v) is 13.5. The molecule has 0 spiro atoms. The fraction of sp³-hybridized carbons (Fsp3) is 0.0645. The third kappa shape index (κ3) is 6.01. The van der Waals surface area contributed by atoms with Gasteiger partial charge in [0, 0.05) is 10.9 Å². The van der Waals surface area contributed by atoms with E-state index in [0.717, 1.165) is 42.2 Å². The van der Waals surface area contributed by atoms with Crippen LogP contribution in [0.1, 0.15) is 27.0 Å². The number of carbonyl (C=O) groups excluding carboxylic acids is 1. The fourth-order valence-electron chi connectivity index (χ4n) is 4.10. The second-order valence-electron chi connectivity index (χ2n) is 8.73. The lowest BCUT2D eigenvalue weighted by Gasteiger charge is -2.12. The van der Waals surface area contributed by atoms with Crippen molar-refractivity contribution in [1.29, 1.82) is 0 Å². The van der Waals surface area contributed by atoms with Crippen molar-refractivity contribution in [2.75, 3.05) is 0 Å². The monoisotopic (exact) mass is 627 g/mol. The Bertz CT molecular complexity index is 1630. The molecule has 5 nitrogen and oxygen atoms in total. The van der Waals surface area contributed by atoms with Gasteiger partial charge in [0.1, 0.15) is 12.4 Å². The zero-order chi connectivity index (χ0) is 26.5. The van der Waals surface area contributed by atoms with Gasteiger partial charge in [-0.3, -0.25) is 4.79 Å². The molecule has 1 N–H and O–H groups in total. The molecule has 7 heteroatoms. The summed E-state index contributed by atoms with van der Waals surface area (Å²) in [5.41, 5.74) is 8.66. The summed E-state index contributed by atoms with van der Waals surface area (Å²) in [5, 5.41) is 4.98. The Morgan fingerprint density at radius 3 is 2.42 bits per heavy atom. The molecule has 1 amide bonds. The molecule has 0 saturated heterocycles. The Labute approximate surface area is 237 Å². The van der Waals surface area contributed by atoms with Crippen LogP contribution in [0.4, 0.5) is 0 Å². The van der Waals surface area contributed by atoms with Crippen LogP contribution < -0.4 is 10.2 Å². The van der Waals surface area contributed by atoms with Crippen LogP contribution in [0.3, 0.4) is 0 Å². The van der Waals surface area contributed by atoms with Gasteiger partial charge >= 0.3 is 0 Å². The van der Waals surface area contributed by atoms with E-state index in [9.17, 15) is 4.79 Å². The number of halogens is 2. The summed E-state index contributed by atoms with van der Waals surface area (Å²) in [6.07, 6.45) is 1.60. The molecule has 188 valence electrons. The summed E-state index contributed by atoms with van der Waals surface area (Å²) in [5.74, 6) is 0.387. The molecule has 4 aromatic carbocycles. The lowest BCUT2D eigenvalue weighted by atomic mass is 10.0. The van der Waals surface area contributed by atoms with Crippen molar-refractivity contribution < 1.29 is 9.53 Å². The third-order valence-corrected chi connectivity index (χ3v) is 7.07. The average molecular weight is 629 g/mol. The normalized spacial score (nSPS) is 11.1. The molecular weight excluding hydrogens is 606 g/mol. The highest BCUT2D eigenvalue weighted by molar-refractivity contribution is 9.11. The number of aromatic nitrogens is 1. The molecule has 0 bridgehead atoms. The highest BCUT2D eigenvalue weighted by Crippen LogP contribution is 2.35. The number of nitrogens with one attached hydrogen (secondary N) is 1. The smallest absolute Gasteiger partial charge is 0.272 e. The van der Waals surface area contributed by atoms with Crippen LogP contribution >= 0.6 is 31.9 Å². The van der Waals surface area contributed by atoms with Gasteiger partial charge in [-0.05, 0) is 74.2 Å². The summed E-state index contributed by atoms with van der Waals surface area (Å²) in [6, 6.07) is 31.2. The Kier molecular flexibility index (Phi) is 7.96. The number of aryl methyl sites for hydroxylation is 1. The van der Waals surface area contributed by atoms with Crippen molar-refractivity contribution in [2.45, 2.75) is 13.5 Å². The standard InChI is InChI=1S/C31H23Br2N3O2/c1-20-8-7-9-21(14-20)19-38-30-26(32)15-22(16-27(30)33)18-34-36-31(37)25-17-29(23-10-3-2-4-11-23)35-28-13-6-5-12-24(25)28/h2-18H,19H2,1H3,(H,36,37)/b34-18+. The van der Waals surface area contributed by atoms with Gasteiger partial charge in [-0.15, -0.1) is 0 Å². The predicted molar refractivity (Wildman–Crippen MR) is 160 cm³/mol. The number of amides is 1. The zero-order valence-electron chi connectivity index (χ0n) is 20.5. The number of hydrogen-bond acceptors (Lipinski definition) is 4. The fourth-order valence-corrected chi connectivity index (χ4v) is 5.55. The molecule has 0 aliphatic rings. The summed E-state index contributed by atoms with van der Waals surface area (Å²) < 4.78 is 7.59. The predicted octanol–water partition coefficient (Wildman–Crippen LogP) is 8.08. The largest absolute Gasteiger partial charge is 0.487 e. The average Bonchev–Trinajstić information content (AvgIpc) is 2.92. The topological polar surface area (TPSA) is 63.6 Å². The minimum absolute atomic E-state index is 0.312. The van der Waals surface area contributed by atoms with Crippen LogP contribution in [0.15, 0.2) is 111 Å². The second-order valence-corrected chi connectivity index (χ2v) is 10.4. The lowest BCUT2D eigenvalue weighted by Crippen LogP contribution is -2.18. The second kappa shape index (κ2) is 11.7. The molecule has 0 atom stereocenters. The summed E-state index contributed by atoms with van der Waals surface area (Å²) in [7, 11) is 0. The number of para-hydroxylation sites is 1. The molecule has 0 aliphatic heterocycles. The van der Waals surface area contributed by atoms with Crippen molar-refractivity contribution in [3.05, 3.63) is 128 Å². The highest BCUT2D eigenvalue weighted by atomic mass is 79.9. The molecule has 0 fully saturated rings. The van der Waals surface area contributed by atoms with E-state index in [2.05, 4.69) is 61.4 Å². The first-order valence-electron chi connectivity index (χ1n) is 11.9. The van der Waals surface area contributed by atoms with Gasteiger partial charge < -0.3 is 4.74 Å². The molecule has 0 radical (unpaired) electrons. The number of carbonyl (C=O) groups is 1. The van der Waals surface area contributed by atoms with Crippen LogP contribution in [-0.4, -0.2) is 17.1 Å². The Hall–Kier alpha value is -3.81. The van der Waals surface area contributed by atoms with E-state index in [4.69, 9.17) is 9.72 Å². The summed E-state index contributed by atoms with van der Waals surface area (Å²) in [6.45, 7) is 2.51. The molecule has 1 heterocycles. The van der Waals surface area contributed by atoms with Crippen LogP contribution in [0.25, 0.3) is 22.2 Å². The molecule has 1 aromatic heterocycles. The molecule has 0 aliphatic carbocycles. The third-order valence-electron chi connectivity index (χ3n) is 5.90. The molecule has 0 saturated carbocycles. The molecule has 5 aromatic rings. The maximum absolute atomic E-state index is 13.2. The number of ether oxygens (including phenoxy) is 1. The van der Waals surface area contributed by atoms with Gasteiger partial charge in [0.25, 0.3) is 5.91 Å². The first-order chi connectivity index (χ1) is 18.5. The molecule has 38 heavy (non-hydrogen) atoms. The van der Waals surface area contributed by atoms with Crippen molar-refractivity contribution in [3.8, 4) is 17.0 Å². The maximum Gasteiger partial charge on any atom is 0.272 e. The van der Waals surface area contributed by atoms with Gasteiger partial charge in [-0.1, -0.05) is 78.4 Å². The van der Waals surface area contributed by atoms with Gasteiger partial charge in [-0.2, -0.15) is 5.10 Å². The van der Waals surface area contributed by atoms with Gasteiger partial charge in [0.05, 0.1) is 31.9 Å². The Morgan fingerprint density at radius 2 is 1.66 bits per heavy atom. The van der Waals surface area contributed by atoms with E-state index in [1.54, 1.807) is 12.3 Å². The molecule has 0 unspecified atom stereocenters. The van der Waals surface area contributed by atoms with Crippen molar-refractivity contribution in [3.63, 3.8) is 0 Å². The highest BCUT2D eigenvalue weighted by Gasteiger charge is 2.14. The summed E-state index contributed by atoms with van der Waals surface area (Å²) >= 11 is 7.18. The Morgan fingerprint density at radius 1 is 0.921 bits per heavy atom. The number of benzene rings is 4. The van der Waals surface area contributed by atoms with E-state index in [-0.39, 0.29) is 5.91 Å². The summed E-state index contributed by atoms with van der Waals surface area (Å²) in [4.78, 5) is 17.9. The van der Waals surface area contributed by atoms with Crippen LogP contribution in [0.5, 0.6) is 5.75 Å². The van der Waals surface area contributed by atoms with E-state index >= 15 is 0 Å². The maximum atomic E-state index is 13.2. The minimum atomic E-state index is -0.312. The van der Waals surface area contributed by atoms with Crippen molar-refractivity contribution >= 4 is 54.9 Å². The zero-order valence-corrected chi connectivity index (χ0v) is 23.7. The Balaban J connectivity index is 1.33. The minimum Gasteiger partial charge on any atom is -0.487 e. The quantitative estimate of drug-likeness (QED) is 0.146.